The van der Waals surface area contributed by atoms with Crippen molar-refractivity contribution in [3.63, 3.8) is 0 Å². The summed E-state index contributed by atoms with van der Waals surface area (Å²) in [6.07, 6.45) is -4.70. The van der Waals surface area contributed by atoms with Crippen LogP contribution in [0.15, 0.2) is 27.8 Å². The molecular weight excluding hydrogens is 399 g/mol. The first kappa shape index (κ1) is 17.6. The molecule has 0 saturated carbocycles. The van der Waals surface area contributed by atoms with Crippen LogP contribution in [-0.2, 0) is 11.0 Å². The number of benzene rings is 1. The highest BCUT2D eigenvalue weighted by molar-refractivity contribution is 9.10. The number of nitrogens with zero attached hydrogens (tertiary/aromatic N) is 3. The molecule has 0 radical (unpaired) electrons. The Hall–Kier alpha value is -1.75. The van der Waals surface area contributed by atoms with Crippen LogP contribution >= 0.6 is 27.7 Å². The van der Waals surface area contributed by atoms with Crippen molar-refractivity contribution >= 4 is 39.3 Å². The van der Waals surface area contributed by atoms with Crippen molar-refractivity contribution in [1.29, 1.82) is 0 Å². The second-order valence-electron chi connectivity index (χ2n) is 4.47. The van der Waals surface area contributed by atoms with E-state index in [0.29, 0.717) is 10.4 Å². The third-order valence-corrected chi connectivity index (χ3v) is 4.15. The molecule has 0 atom stereocenters. The highest BCUT2D eigenvalue weighted by atomic mass is 79.9. The number of rotatable bonds is 4. The molecule has 1 aromatic carbocycles. The highest BCUT2D eigenvalue weighted by Crippen LogP contribution is 2.29. The smallest absolute Gasteiger partial charge is 0.335 e. The number of nitrogens with two attached hydrogens (primary N) is 1. The van der Waals surface area contributed by atoms with Gasteiger partial charge in [0.1, 0.15) is 0 Å². The Bertz CT molecular complexity index is 734. The fourth-order valence-electron chi connectivity index (χ4n) is 1.65. The van der Waals surface area contributed by atoms with Gasteiger partial charge in [0.2, 0.25) is 11.1 Å². The van der Waals surface area contributed by atoms with Gasteiger partial charge in [-0.25, -0.2) is 4.68 Å². The third kappa shape index (κ3) is 4.38. The van der Waals surface area contributed by atoms with Gasteiger partial charge >= 0.3 is 6.18 Å². The van der Waals surface area contributed by atoms with Crippen LogP contribution in [-0.4, -0.2) is 26.5 Å². The molecule has 2 rings (SSSR count). The maximum Gasteiger partial charge on any atom is 0.453 e. The van der Waals surface area contributed by atoms with Crippen molar-refractivity contribution in [2.75, 3.05) is 16.9 Å². The van der Waals surface area contributed by atoms with E-state index in [0.717, 1.165) is 21.8 Å². The van der Waals surface area contributed by atoms with Gasteiger partial charge in [-0.15, -0.1) is 10.2 Å². The Kier molecular flexibility index (Phi) is 5.19. The van der Waals surface area contributed by atoms with Gasteiger partial charge < -0.3 is 11.2 Å². The van der Waals surface area contributed by atoms with Crippen LogP contribution < -0.4 is 11.2 Å². The Morgan fingerprint density at radius 3 is 2.70 bits per heavy atom. The van der Waals surface area contributed by atoms with E-state index in [4.69, 9.17) is 5.84 Å². The number of alkyl halides is 3. The van der Waals surface area contributed by atoms with Crippen LogP contribution in [0, 0.1) is 6.92 Å². The second kappa shape index (κ2) is 6.79. The average Bonchev–Trinajstić information content (AvgIpc) is 2.81. The predicted octanol–water partition coefficient (Wildman–Crippen LogP) is 2.81. The molecule has 1 aromatic heterocycles. The Balaban J connectivity index is 1.98. The molecule has 3 N–H and O–H groups in total. The maximum atomic E-state index is 12.5. The quantitative estimate of drug-likeness (QED) is 0.598. The van der Waals surface area contributed by atoms with Crippen molar-refractivity contribution in [1.82, 2.24) is 14.9 Å². The molecule has 0 bridgehead atoms. The lowest BCUT2D eigenvalue weighted by molar-refractivity contribution is -0.146. The molecule has 1 heterocycles. The summed E-state index contributed by atoms with van der Waals surface area (Å²) >= 11 is 4.07. The molecule has 6 nitrogen and oxygen atoms in total. The number of anilines is 1. The number of thioether (sulfide) groups is 1. The predicted molar refractivity (Wildman–Crippen MR) is 83.4 cm³/mol. The lowest BCUT2D eigenvalue weighted by atomic mass is 10.2. The highest BCUT2D eigenvalue weighted by Gasteiger charge is 2.38. The monoisotopic (exact) mass is 409 g/mol. The average molecular weight is 410 g/mol. The number of halogens is 4. The maximum absolute atomic E-state index is 12.5. The van der Waals surface area contributed by atoms with E-state index in [-0.39, 0.29) is 10.9 Å². The minimum Gasteiger partial charge on any atom is -0.335 e. The first-order chi connectivity index (χ1) is 10.7. The number of amides is 1. The molecule has 0 fully saturated rings. The molecule has 11 heteroatoms. The molecule has 0 aliphatic heterocycles. The van der Waals surface area contributed by atoms with Crippen molar-refractivity contribution < 1.29 is 18.0 Å². The number of nitrogens with one attached hydrogen (secondary N) is 1. The topological polar surface area (TPSA) is 85.8 Å². The summed E-state index contributed by atoms with van der Waals surface area (Å²) in [4.78, 5) is 11.9. The molecule has 0 aliphatic carbocycles. The van der Waals surface area contributed by atoms with Gasteiger partial charge in [0, 0.05) is 10.2 Å². The van der Waals surface area contributed by atoms with E-state index in [1.54, 1.807) is 12.1 Å². The molecule has 2 aromatic rings. The van der Waals surface area contributed by atoms with Crippen LogP contribution in [0.3, 0.4) is 0 Å². The van der Waals surface area contributed by atoms with Crippen LogP contribution in [0.25, 0.3) is 0 Å². The summed E-state index contributed by atoms with van der Waals surface area (Å²) in [7, 11) is 0. The largest absolute Gasteiger partial charge is 0.453 e. The Labute approximate surface area is 141 Å². The number of aromatic nitrogens is 3. The van der Waals surface area contributed by atoms with Crippen molar-refractivity contribution in [3.8, 4) is 0 Å². The number of nitrogen functional groups attached to an aromatic ring is 1. The minimum atomic E-state index is -4.70. The lowest BCUT2D eigenvalue weighted by Crippen LogP contribution is -2.22. The summed E-state index contributed by atoms with van der Waals surface area (Å²) in [6, 6.07) is 5.31. The second-order valence-corrected chi connectivity index (χ2v) is 6.33. The van der Waals surface area contributed by atoms with Gasteiger partial charge in [0.05, 0.1) is 5.75 Å². The van der Waals surface area contributed by atoms with Crippen molar-refractivity contribution in [2.45, 2.75) is 18.3 Å². The molecule has 124 valence electrons. The van der Waals surface area contributed by atoms with Crippen molar-refractivity contribution in [2.24, 2.45) is 0 Å². The Morgan fingerprint density at radius 1 is 1.43 bits per heavy atom. The van der Waals surface area contributed by atoms with Gasteiger partial charge in [-0.1, -0.05) is 27.7 Å². The number of hydrogen-bond donors (Lipinski definition) is 2. The number of carbonyl (C=O) groups excluding carboxylic acids is 1. The first-order valence-corrected chi connectivity index (χ1v) is 7.93. The van der Waals surface area contributed by atoms with Gasteiger partial charge in [0.15, 0.2) is 0 Å². The number of aryl methyl sites for hydroxylation is 1. The molecule has 0 saturated heterocycles. The van der Waals surface area contributed by atoms with Crippen LogP contribution in [0.1, 0.15) is 11.4 Å². The summed E-state index contributed by atoms with van der Waals surface area (Å²) < 4.78 is 38.8. The summed E-state index contributed by atoms with van der Waals surface area (Å²) in [5.74, 6) is 3.43. The molecule has 1 amide bonds. The lowest BCUT2D eigenvalue weighted by Gasteiger charge is -2.09. The van der Waals surface area contributed by atoms with Crippen molar-refractivity contribution in [3.05, 3.63) is 34.1 Å². The van der Waals surface area contributed by atoms with E-state index in [1.165, 1.54) is 0 Å². The van der Waals surface area contributed by atoms with E-state index < -0.39 is 17.9 Å². The first-order valence-electron chi connectivity index (χ1n) is 6.15. The fraction of sp³-hybridized carbons (Fsp3) is 0.250. The summed E-state index contributed by atoms with van der Waals surface area (Å²) in [5, 5.41) is 8.78. The van der Waals surface area contributed by atoms with Gasteiger partial charge in [0.25, 0.3) is 5.82 Å². The summed E-state index contributed by atoms with van der Waals surface area (Å²) in [5.41, 5.74) is 1.46. The molecule has 0 spiro atoms. The van der Waals surface area contributed by atoms with E-state index >= 15 is 0 Å². The SMILES string of the molecule is Cc1cc(Br)ccc1NC(=O)CSc1nnc(C(F)(F)F)n1N. The van der Waals surface area contributed by atoms with Gasteiger partial charge in [-0.2, -0.15) is 13.2 Å². The van der Waals surface area contributed by atoms with Gasteiger partial charge in [-0.05, 0) is 30.7 Å². The zero-order valence-electron chi connectivity index (χ0n) is 11.7. The van der Waals surface area contributed by atoms with Crippen LogP contribution in [0.5, 0.6) is 0 Å². The van der Waals surface area contributed by atoms with Crippen LogP contribution in [0.4, 0.5) is 18.9 Å². The molecule has 23 heavy (non-hydrogen) atoms. The fourth-order valence-corrected chi connectivity index (χ4v) is 2.78. The molecule has 0 unspecified atom stereocenters. The molecule has 0 aliphatic rings. The number of hydrogen-bond acceptors (Lipinski definition) is 5. The van der Waals surface area contributed by atoms with E-state index in [9.17, 15) is 18.0 Å². The third-order valence-electron chi connectivity index (χ3n) is 2.71. The number of carbonyl (C=O) groups is 1. The zero-order chi connectivity index (χ0) is 17.2. The van der Waals surface area contributed by atoms with E-state index in [1.807, 2.05) is 13.0 Å². The zero-order valence-corrected chi connectivity index (χ0v) is 14.1. The Morgan fingerprint density at radius 2 is 2.13 bits per heavy atom. The van der Waals surface area contributed by atoms with E-state index in [2.05, 4.69) is 31.4 Å². The standard InChI is InChI=1S/C12H11BrF3N5OS/c1-6-4-7(13)2-3-8(6)18-9(22)5-23-11-20-19-10(21(11)17)12(14,15)16/h2-4H,5,17H2,1H3,(H,18,22). The van der Waals surface area contributed by atoms with Gasteiger partial charge in [-0.3, -0.25) is 4.79 Å². The normalized spacial score (nSPS) is 11.5. The van der Waals surface area contributed by atoms with Crippen LogP contribution in [0.2, 0.25) is 0 Å². The minimum absolute atomic E-state index is 0.150. The summed E-state index contributed by atoms with van der Waals surface area (Å²) in [6.45, 7) is 1.82. The molecular formula is C12H11BrF3N5OS.